The number of nitrogens with one attached hydrogen (secondary N) is 1. The van der Waals surface area contributed by atoms with Crippen molar-refractivity contribution in [1.29, 1.82) is 0 Å². The van der Waals surface area contributed by atoms with Crippen molar-refractivity contribution in [3.05, 3.63) is 94.6 Å². The highest BCUT2D eigenvalue weighted by Gasteiger charge is 2.48. The van der Waals surface area contributed by atoms with Crippen LogP contribution in [0.4, 0.5) is 5.95 Å². The summed E-state index contributed by atoms with van der Waals surface area (Å²) in [4.78, 5) is 36.3. The number of aliphatic hydroxyl groups excluding tert-OH is 1. The number of aryl methyl sites for hydroxylation is 1. The number of aromatic nitrogens is 2. The molecule has 1 aliphatic rings. The van der Waals surface area contributed by atoms with Gasteiger partial charge < -0.3 is 14.8 Å². The molecule has 0 spiro atoms. The smallest absolute Gasteiger partial charge is 0.302 e. The van der Waals surface area contributed by atoms with Gasteiger partial charge in [-0.1, -0.05) is 65.0 Å². The Morgan fingerprint density at radius 2 is 1.70 bits per heavy atom. The molecule has 206 valence electrons. The number of aromatic amines is 1. The molecule has 2 N–H and O–H groups in total. The van der Waals surface area contributed by atoms with Crippen molar-refractivity contribution >= 4 is 34.4 Å². The zero-order chi connectivity index (χ0) is 28.8. The summed E-state index contributed by atoms with van der Waals surface area (Å²) in [6.07, 6.45) is 0. The SMILES string of the molecule is Cc1ccc2nc(N3C(=O)C(=O)/C(=C(/O)c4ccc(OCC(C)C)cc4)C3c3ccc(C(C)(C)C)cc3)[nH]c2c1. The Morgan fingerprint density at radius 1 is 1.02 bits per heavy atom. The van der Waals surface area contributed by atoms with Crippen LogP contribution in [-0.4, -0.2) is 33.4 Å². The van der Waals surface area contributed by atoms with Gasteiger partial charge in [-0.3, -0.25) is 14.5 Å². The van der Waals surface area contributed by atoms with Crippen LogP contribution in [0.1, 0.15) is 62.9 Å². The van der Waals surface area contributed by atoms with Crippen molar-refractivity contribution in [3.8, 4) is 5.75 Å². The zero-order valence-corrected chi connectivity index (χ0v) is 23.8. The summed E-state index contributed by atoms with van der Waals surface area (Å²) in [5.41, 5.74) is 4.66. The molecule has 7 nitrogen and oxygen atoms in total. The van der Waals surface area contributed by atoms with Gasteiger partial charge in [0.15, 0.2) is 0 Å². The molecule has 1 aromatic heterocycles. The summed E-state index contributed by atoms with van der Waals surface area (Å²) in [5, 5.41) is 11.5. The van der Waals surface area contributed by atoms with E-state index in [2.05, 4.69) is 44.6 Å². The number of Topliss-reactive ketones (excluding diaryl/α,β-unsaturated/α-hetero) is 1. The monoisotopic (exact) mass is 537 g/mol. The Hall–Kier alpha value is -4.39. The van der Waals surface area contributed by atoms with Crippen LogP contribution in [0.25, 0.3) is 16.8 Å². The first-order valence-electron chi connectivity index (χ1n) is 13.5. The van der Waals surface area contributed by atoms with E-state index in [1.165, 1.54) is 4.90 Å². The van der Waals surface area contributed by atoms with E-state index in [0.717, 1.165) is 16.6 Å². The third-order valence-electron chi connectivity index (χ3n) is 7.10. The van der Waals surface area contributed by atoms with Crippen molar-refractivity contribution in [1.82, 2.24) is 9.97 Å². The van der Waals surface area contributed by atoms with Crippen molar-refractivity contribution < 1.29 is 19.4 Å². The minimum atomic E-state index is -0.868. The van der Waals surface area contributed by atoms with E-state index in [1.807, 2.05) is 49.4 Å². The molecule has 4 aromatic rings. The van der Waals surface area contributed by atoms with Gasteiger partial charge in [0.05, 0.1) is 29.3 Å². The number of H-pyrrole nitrogens is 1. The van der Waals surface area contributed by atoms with Crippen molar-refractivity contribution in [3.63, 3.8) is 0 Å². The second-order valence-electron chi connectivity index (χ2n) is 11.9. The lowest BCUT2D eigenvalue weighted by atomic mass is 9.85. The van der Waals surface area contributed by atoms with Gasteiger partial charge in [-0.05, 0) is 71.3 Å². The number of carbonyl (C=O) groups excluding carboxylic acids is 2. The molecule has 0 aliphatic carbocycles. The highest BCUT2D eigenvalue weighted by molar-refractivity contribution is 6.51. The predicted octanol–water partition coefficient (Wildman–Crippen LogP) is 6.83. The van der Waals surface area contributed by atoms with Gasteiger partial charge >= 0.3 is 5.91 Å². The summed E-state index contributed by atoms with van der Waals surface area (Å²) in [5.74, 6) is -0.469. The first kappa shape index (κ1) is 27.2. The molecule has 1 atom stereocenters. The second kappa shape index (κ2) is 10.3. The maximum Gasteiger partial charge on any atom is 0.302 e. The van der Waals surface area contributed by atoms with Crippen LogP contribution < -0.4 is 9.64 Å². The standard InChI is InChI=1S/C33H35N3O4/c1-19(2)18-40-24-14-10-22(11-15-24)29(37)27-28(21-8-12-23(13-9-21)33(4,5)6)36(31(39)30(27)38)32-34-25-16-7-20(3)17-26(25)35-32/h7-17,19,28,37H,18H2,1-6H3,(H,34,35)/b29-27+. The van der Waals surface area contributed by atoms with Crippen LogP contribution in [0.5, 0.6) is 5.75 Å². The average Bonchev–Trinajstić information content (AvgIpc) is 3.44. The minimum absolute atomic E-state index is 0.0148. The Labute approximate surface area is 234 Å². The van der Waals surface area contributed by atoms with Gasteiger partial charge in [0.2, 0.25) is 5.95 Å². The van der Waals surface area contributed by atoms with Crippen molar-refractivity contribution in [2.75, 3.05) is 11.5 Å². The lowest BCUT2D eigenvalue weighted by molar-refractivity contribution is -0.132. The van der Waals surface area contributed by atoms with Crippen molar-refractivity contribution in [2.24, 2.45) is 5.92 Å². The van der Waals surface area contributed by atoms with Crippen LogP contribution in [0.3, 0.4) is 0 Å². The van der Waals surface area contributed by atoms with Crippen LogP contribution in [-0.2, 0) is 15.0 Å². The molecule has 5 rings (SSSR count). The van der Waals surface area contributed by atoms with Gasteiger partial charge in [-0.25, -0.2) is 4.98 Å². The molecule has 1 fully saturated rings. The number of hydrogen-bond acceptors (Lipinski definition) is 5. The van der Waals surface area contributed by atoms with Crippen LogP contribution in [0.2, 0.25) is 0 Å². The van der Waals surface area contributed by atoms with Crippen LogP contribution in [0, 0.1) is 12.8 Å². The van der Waals surface area contributed by atoms with Crippen LogP contribution in [0.15, 0.2) is 72.3 Å². The number of anilines is 1. The molecule has 1 unspecified atom stereocenters. The number of benzene rings is 3. The molecule has 40 heavy (non-hydrogen) atoms. The molecule has 1 aliphatic heterocycles. The summed E-state index contributed by atoms with van der Waals surface area (Å²) >= 11 is 0. The highest BCUT2D eigenvalue weighted by Crippen LogP contribution is 2.42. The third kappa shape index (κ3) is 5.11. The molecule has 1 amide bonds. The molecule has 7 heteroatoms. The predicted molar refractivity (Wildman–Crippen MR) is 158 cm³/mol. The quantitative estimate of drug-likeness (QED) is 0.160. The lowest BCUT2D eigenvalue weighted by Crippen LogP contribution is -2.30. The van der Waals surface area contributed by atoms with Gasteiger partial charge in [-0.15, -0.1) is 0 Å². The fraction of sp³-hybridized carbons (Fsp3) is 0.303. The highest BCUT2D eigenvalue weighted by atomic mass is 16.5. The fourth-order valence-electron chi connectivity index (χ4n) is 4.88. The molecule has 2 heterocycles. The zero-order valence-electron chi connectivity index (χ0n) is 23.8. The molecule has 0 bridgehead atoms. The number of rotatable bonds is 6. The summed E-state index contributed by atoms with van der Waals surface area (Å²) in [7, 11) is 0. The van der Waals surface area contributed by atoms with E-state index in [0.29, 0.717) is 34.9 Å². The summed E-state index contributed by atoms with van der Waals surface area (Å²) in [6, 6.07) is 19.6. The van der Waals surface area contributed by atoms with Gasteiger partial charge in [-0.2, -0.15) is 0 Å². The second-order valence-corrected chi connectivity index (χ2v) is 11.9. The molecule has 0 radical (unpaired) electrons. The number of carbonyl (C=O) groups is 2. The number of ether oxygens (including phenoxy) is 1. The lowest BCUT2D eigenvalue weighted by Gasteiger charge is -2.25. The normalized spacial score (nSPS) is 17.3. The number of aliphatic hydroxyl groups is 1. The fourth-order valence-corrected chi connectivity index (χ4v) is 4.88. The third-order valence-corrected chi connectivity index (χ3v) is 7.10. The molecular weight excluding hydrogens is 502 g/mol. The Bertz CT molecular complexity index is 1610. The maximum atomic E-state index is 13.6. The molecule has 0 saturated carbocycles. The van der Waals surface area contributed by atoms with E-state index in [4.69, 9.17) is 4.74 Å². The number of hydrogen-bond donors (Lipinski definition) is 2. The summed E-state index contributed by atoms with van der Waals surface area (Å²) < 4.78 is 5.77. The van der Waals surface area contributed by atoms with E-state index < -0.39 is 17.7 Å². The van der Waals surface area contributed by atoms with Gasteiger partial charge in [0.25, 0.3) is 5.78 Å². The minimum Gasteiger partial charge on any atom is -0.507 e. The molecular formula is C33H35N3O4. The average molecular weight is 538 g/mol. The first-order valence-corrected chi connectivity index (χ1v) is 13.5. The van der Waals surface area contributed by atoms with E-state index in [-0.39, 0.29) is 22.7 Å². The first-order chi connectivity index (χ1) is 18.9. The van der Waals surface area contributed by atoms with Crippen LogP contribution >= 0.6 is 0 Å². The largest absolute Gasteiger partial charge is 0.507 e. The van der Waals surface area contributed by atoms with E-state index >= 15 is 0 Å². The van der Waals surface area contributed by atoms with E-state index in [1.54, 1.807) is 24.3 Å². The number of imidazole rings is 1. The van der Waals surface area contributed by atoms with Gasteiger partial charge in [0, 0.05) is 5.56 Å². The molecule has 3 aromatic carbocycles. The number of amides is 1. The topological polar surface area (TPSA) is 95.5 Å². The van der Waals surface area contributed by atoms with Gasteiger partial charge in [0.1, 0.15) is 11.5 Å². The number of ketones is 1. The molecule has 1 saturated heterocycles. The number of fused-ring (bicyclic) bond motifs is 1. The number of nitrogens with zero attached hydrogens (tertiary/aromatic N) is 2. The Kier molecular flexibility index (Phi) is 7.00. The summed E-state index contributed by atoms with van der Waals surface area (Å²) in [6.45, 7) is 13.0. The maximum absolute atomic E-state index is 13.6. The Balaban J connectivity index is 1.63. The van der Waals surface area contributed by atoms with E-state index in [9.17, 15) is 14.7 Å². The van der Waals surface area contributed by atoms with Crippen molar-refractivity contribution in [2.45, 2.75) is 53.0 Å². The Morgan fingerprint density at radius 3 is 2.33 bits per heavy atom.